The lowest BCUT2D eigenvalue weighted by Gasteiger charge is -2.13. The maximum Gasteiger partial charge on any atom is 0.191 e. The summed E-state index contributed by atoms with van der Waals surface area (Å²) >= 11 is 0. The monoisotopic (exact) mass is 355 g/mol. The minimum Gasteiger partial charge on any atom is -0.356 e. The number of aliphatic imine (C=N–C) groups is 1. The molecule has 0 aliphatic rings. The molecule has 3 rings (SSSR count). The zero-order chi connectivity index (χ0) is 18.2. The van der Waals surface area contributed by atoms with Gasteiger partial charge in [-0.3, -0.25) is 9.67 Å². The van der Waals surface area contributed by atoms with Crippen molar-refractivity contribution in [3.8, 4) is 5.69 Å². The van der Waals surface area contributed by atoms with Crippen LogP contribution in [0, 0.1) is 5.82 Å². The van der Waals surface area contributed by atoms with Crippen LogP contribution < -0.4 is 10.6 Å². The fourth-order valence-electron chi connectivity index (χ4n) is 2.56. The summed E-state index contributed by atoms with van der Waals surface area (Å²) < 4.78 is 17.8. The van der Waals surface area contributed by atoms with E-state index in [1.54, 1.807) is 42.6 Å². The Bertz CT molecular complexity index is 825. The van der Waals surface area contributed by atoms with Crippen molar-refractivity contribution in [2.24, 2.45) is 4.99 Å². The zero-order valence-corrected chi connectivity index (χ0v) is 14.6. The molecule has 1 aromatic carbocycles. The van der Waals surface area contributed by atoms with Gasteiger partial charge in [-0.25, -0.2) is 9.37 Å². The predicted molar refractivity (Wildman–Crippen MR) is 98.6 cm³/mol. The Hall–Kier alpha value is -3.16. The van der Waals surface area contributed by atoms with Crippen molar-refractivity contribution in [2.45, 2.75) is 19.5 Å². The molecular formula is C18H22FN7. The number of guanidine groups is 1. The highest BCUT2D eigenvalue weighted by molar-refractivity contribution is 5.79. The Morgan fingerprint density at radius 3 is 2.85 bits per heavy atom. The number of benzene rings is 1. The molecule has 3 aromatic rings. The Kier molecular flexibility index (Phi) is 5.97. The van der Waals surface area contributed by atoms with Crippen LogP contribution in [0.2, 0.25) is 0 Å². The van der Waals surface area contributed by atoms with Crippen LogP contribution in [0.5, 0.6) is 0 Å². The van der Waals surface area contributed by atoms with E-state index in [-0.39, 0.29) is 5.82 Å². The molecule has 2 N–H and O–H groups in total. The lowest BCUT2D eigenvalue weighted by molar-refractivity contribution is 0.570. The van der Waals surface area contributed by atoms with Gasteiger partial charge in [0.2, 0.25) is 0 Å². The smallest absolute Gasteiger partial charge is 0.191 e. The standard InChI is InChI=1S/C18H22FN7/c1-20-18(22-6-2-9-26-10-3-7-24-26)23-13-15-4-5-17(16(19)12-15)25-11-8-21-14-25/h3-5,7-8,10-12,14H,2,6,9,13H2,1H3,(H2,20,22,23). The Labute approximate surface area is 151 Å². The molecule has 7 nitrogen and oxygen atoms in total. The quantitative estimate of drug-likeness (QED) is 0.386. The number of halogens is 1. The van der Waals surface area contributed by atoms with Gasteiger partial charge in [0.15, 0.2) is 5.96 Å². The van der Waals surface area contributed by atoms with Crippen molar-refractivity contribution in [1.82, 2.24) is 30.0 Å². The molecule has 0 saturated heterocycles. The third kappa shape index (κ3) is 4.69. The summed E-state index contributed by atoms with van der Waals surface area (Å²) in [6, 6.07) is 7.06. The van der Waals surface area contributed by atoms with Crippen LogP contribution in [0.25, 0.3) is 5.69 Å². The van der Waals surface area contributed by atoms with Crippen molar-refractivity contribution in [1.29, 1.82) is 0 Å². The number of hydrogen-bond donors (Lipinski definition) is 2. The molecule has 8 heteroatoms. The van der Waals surface area contributed by atoms with E-state index in [1.807, 2.05) is 23.0 Å². The number of imidazole rings is 1. The fourth-order valence-corrected chi connectivity index (χ4v) is 2.56. The molecule has 136 valence electrons. The molecule has 0 unspecified atom stereocenters. The van der Waals surface area contributed by atoms with Gasteiger partial charge in [0, 0.05) is 51.5 Å². The molecular weight excluding hydrogens is 333 g/mol. The van der Waals surface area contributed by atoms with Crippen LogP contribution in [0.15, 0.2) is 60.4 Å². The maximum atomic E-state index is 14.3. The minimum atomic E-state index is -0.288. The topological polar surface area (TPSA) is 72.1 Å². The van der Waals surface area contributed by atoms with Crippen molar-refractivity contribution in [2.75, 3.05) is 13.6 Å². The second-order valence-electron chi connectivity index (χ2n) is 5.73. The summed E-state index contributed by atoms with van der Waals surface area (Å²) in [7, 11) is 1.71. The lowest BCUT2D eigenvalue weighted by Crippen LogP contribution is -2.37. The Balaban J connectivity index is 1.46. The summed E-state index contributed by atoms with van der Waals surface area (Å²) in [6.45, 7) is 2.10. The van der Waals surface area contributed by atoms with Gasteiger partial charge in [-0.15, -0.1) is 0 Å². The summed E-state index contributed by atoms with van der Waals surface area (Å²) in [4.78, 5) is 8.12. The lowest BCUT2D eigenvalue weighted by atomic mass is 10.2. The first-order valence-electron chi connectivity index (χ1n) is 8.45. The largest absolute Gasteiger partial charge is 0.356 e. The van der Waals surface area contributed by atoms with Gasteiger partial charge in [-0.1, -0.05) is 6.07 Å². The molecule has 0 aliphatic heterocycles. The molecule has 0 radical (unpaired) electrons. The molecule has 0 spiro atoms. The van der Waals surface area contributed by atoms with Crippen LogP contribution in [-0.4, -0.2) is 38.9 Å². The first-order valence-corrected chi connectivity index (χ1v) is 8.45. The third-order valence-electron chi connectivity index (χ3n) is 3.89. The van der Waals surface area contributed by atoms with Gasteiger partial charge in [-0.2, -0.15) is 5.10 Å². The molecule has 2 aromatic heterocycles. The Morgan fingerprint density at radius 1 is 1.23 bits per heavy atom. The molecule has 0 fully saturated rings. The second-order valence-corrected chi connectivity index (χ2v) is 5.73. The summed E-state index contributed by atoms with van der Waals surface area (Å²) in [5.41, 5.74) is 1.32. The van der Waals surface area contributed by atoms with E-state index in [1.165, 1.54) is 6.07 Å². The molecule has 0 saturated carbocycles. The third-order valence-corrected chi connectivity index (χ3v) is 3.89. The second kappa shape index (κ2) is 8.80. The summed E-state index contributed by atoms with van der Waals surface area (Å²) in [6.07, 6.45) is 9.55. The van der Waals surface area contributed by atoms with Gasteiger partial charge in [0.1, 0.15) is 5.82 Å². The molecule has 0 bridgehead atoms. The van der Waals surface area contributed by atoms with E-state index in [0.29, 0.717) is 18.2 Å². The highest BCUT2D eigenvalue weighted by Crippen LogP contribution is 2.14. The number of aryl methyl sites for hydroxylation is 1. The Morgan fingerprint density at radius 2 is 2.15 bits per heavy atom. The molecule has 2 heterocycles. The fraction of sp³-hybridized carbons (Fsp3) is 0.278. The van der Waals surface area contributed by atoms with E-state index in [4.69, 9.17) is 0 Å². The normalized spacial score (nSPS) is 11.5. The van der Waals surface area contributed by atoms with Gasteiger partial charge < -0.3 is 15.2 Å². The number of aromatic nitrogens is 4. The predicted octanol–water partition coefficient (Wildman–Crippen LogP) is 1.96. The molecule has 26 heavy (non-hydrogen) atoms. The first-order chi connectivity index (χ1) is 12.8. The van der Waals surface area contributed by atoms with E-state index in [2.05, 4.69) is 25.7 Å². The van der Waals surface area contributed by atoms with Crippen LogP contribution in [-0.2, 0) is 13.1 Å². The minimum absolute atomic E-state index is 0.288. The van der Waals surface area contributed by atoms with E-state index in [9.17, 15) is 4.39 Å². The molecule has 0 amide bonds. The van der Waals surface area contributed by atoms with Crippen LogP contribution in [0.1, 0.15) is 12.0 Å². The number of rotatable bonds is 7. The molecule has 0 aliphatic carbocycles. The number of nitrogens with zero attached hydrogens (tertiary/aromatic N) is 5. The summed E-state index contributed by atoms with van der Waals surface area (Å²) in [5.74, 6) is 0.397. The van der Waals surface area contributed by atoms with Crippen molar-refractivity contribution in [3.05, 3.63) is 66.8 Å². The first kappa shape index (κ1) is 17.7. The highest BCUT2D eigenvalue weighted by atomic mass is 19.1. The number of hydrogen-bond acceptors (Lipinski definition) is 3. The number of nitrogens with one attached hydrogen (secondary N) is 2. The van der Waals surface area contributed by atoms with E-state index in [0.717, 1.165) is 25.1 Å². The average molecular weight is 355 g/mol. The van der Waals surface area contributed by atoms with Crippen molar-refractivity contribution in [3.63, 3.8) is 0 Å². The van der Waals surface area contributed by atoms with Gasteiger partial charge in [0.05, 0.1) is 12.0 Å². The average Bonchev–Trinajstić information content (AvgIpc) is 3.35. The van der Waals surface area contributed by atoms with Crippen LogP contribution >= 0.6 is 0 Å². The van der Waals surface area contributed by atoms with Crippen molar-refractivity contribution < 1.29 is 4.39 Å². The SMILES string of the molecule is CN=C(NCCCn1cccn1)NCc1ccc(-n2ccnc2)c(F)c1. The molecule has 0 atom stereocenters. The van der Waals surface area contributed by atoms with Gasteiger partial charge in [-0.05, 0) is 30.2 Å². The highest BCUT2D eigenvalue weighted by Gasteiger charge is 2.06. The van der Waals surface area contributed by atoms with Gasteiger partial charge in [0.25, 0.3) is 0 Å². The maximum absolute atomic E-state index is 14.3. The van der Waals surface area contributed by atoms with E-state index < -0.39 is 0 Å². The van der Waals surface area contributed by atoms with Crippen LogP contribution in [0.3, 0.4) is 0 Å². The van der Waals surface area contributed by atoms with Crippen LogP contribution in [0.4, 0.5) is 4.39 Å². The zero-order valence-electron chi connectivity index (χ0n) is 14.6. The van der Waals surface area contributed by atoms with Gasteiger partial charge >= 0.3 is 0 Å². The van der Waals surface area contributed by atoms with E-state index >= 15 is 0 Å². The summed E-state index contributed by atoms with van der Waals surface area (Å²) in [5, 5.41) is 10.6. The van der Waals surface area contributed by atoms with Crippen molar-refractivity contribution >= 4 is 5.96 Å².